The second-order valence-corrected chi connectivity index (χ2v) is 6.64. The van der Waals surface area contributed by atoms with Crippen molar-refractivity contribution < 1.29 is 14.6 Å². The maximum atomic E-state index is 11.2. The lowest BCUT2D eigenvalue weighted by atomic mass is 9.84. The Bertz CT molecular complexity index is 760. The molecule has 0 amide bonds. The summed E-state index contributed by atoms with van der Waals surface area (Å²) >= 11 is 0. The van der Waals surface area contributed by atoms with Gasteiger partial charge in [0, 0.05) is 11.1 Å². The van der Waals surface area contributed by atoms with E-state index in [4.69, 9.17) is 9.47 Å². The molecular formula is C21H22O3. The van der Waals surface area contributed by atoms with Crippen LogP contribution in [0.1, 0.15) is 36.5 Å². The molecule has 1 heterocycles. The van der Waals surface area contributed by atoms with Gasteiger partial charge in [-0.25, -0.2) is 0 Å². The summed E-state index contributed by atoms with van der Waals surface area (Å²) in [5.74, 6) is -0.947. The Kier molecular flexibility index (Phi) is 3.80. The molecule has 1 atom stereocenters. The van der Waals surface area contributed by atoms with Crippen LogP contribution in [0.3, 0.4) is 0 Å². The van der Waals surface area contributed by atoms with E-state index in [0.29, 0.717) is 19.6 Å². The van der Waals surface area contributed by atoms with E-state index < -0.39 is 11.4 Å². The minimum absolute atomic E-state index is 0.538. The summed E-state index contributed by atoms with van der Waals surface area (Å²) in [5, 5.41) is 11.2. The van der Waals surface area contributed by atoms with Crippen molar-refractivity contribution in [1.29, 1.82) is 0 Å². The van der Waals surface area contributed by atoms with Crippen LogP contribution in [0.5, 0.6) is 0 Å². The first-order valence-corrected chi connectivity index (χ1v) is 8.48. The van der Waals surface area contributed by atoms with Gasteiger partial charge in [-0.15, -0.1) is 0 Å². The van der Waals surface area contributed by atoms with Crippen molar-refractivity contribution in [3.05, 3.63) is 82.9 Å². The van der Waals surface area contributed by atoms with E-state index in [1.807, 2.05) is 60.7 Å². The first-order chi connectivity index (χ1) is 11.6. The number of ether oxygens (including phenoxy) is 2. The van der Waals surface area contributed by atoms with Crippen molar-refractivity contribution >= 4 is 0 Å². The fourth-order valence-corrected chi connectivity index (χ4v) is 3.85. The van der Waals surface area contributed by atoms with Gasteiger partial charge >= 0.3 is 0 Å². The molecule has 3 nitrogen and oxygen atoms in total. The number of aliphatic hydroxyl groups is 1. The van der Waals surface area contributed by atoms with Gasteiger partial charge in [0.05, 0.1) is 13.2 Å². The van der Waals surface area contributed by atoms with Gasteiger partial charge in [0.15, 0.2) is 0 Å². The first-order valence-electron chi connectivity index (χ1n) is 8.48. The third-order valence-corrected chi connectivity index (χ3v) is 4.98. The molecule has 1 N–H and O–H groups in total. The second kappa shape index (κ2) is 5.85. The van der Waals surface area contributed by atoms with Crippen molar-refractivity contribution in [2.75, 3.05) is 13.2 Å². The molecule has 3 heteroatoms. The molecule has 0 bridgehead atoms. The fourth-order valence-electron chi connectivity index (χ4n) is 3.85. The Morgan fingerprint density at radius 3 is 2.12 bits per heavy atom. The number of allylic oxidation sites excluding steroid dienone is 1. The lowest BCUT2D eigenvalue weighted by molar-refractivity contribution is -0.132. The monoisotopic (exact) mass is 322 g/mol. The normalized spacial score (nSPS) is 25.7. The van der Waals surface area contributed by atoms with Crippen LogP contribution in [0.2, 0.25) is 0 Å². The van der Waals surface area contributed by atoms with Gasteiger partial charge in [-0.3, -0.25) is 0 Å². The highest BCUT2D eigenvalue weighted by Crippen LogP contribution is 2.45. The van der Waals surface area contributed by atoms with E-state index >= 15 is 0 Å². The predicted octanol–water partition coefficient (Wildman–Crippen LogP) is 3.86. The van der Waals surface area contributed by atoms with E-state index in [0.717, 1.165) is 23.1 Å². The fraction of sp³-hybridized carbons (Fsp3) is 0.333. The Labute approximate surface area is 142 Å². The minimum atomic E-state index is -0.961. The molecule has 0 aromatic heterocycles. The molecule has 4 rings (SSSR count). The highest BCUT2D eigenvalue weighted by Gasteiger charge is 2.45. The van der Waals surface area contributed by atoms with Crippen LogP contribution in [0.25, 0.3) is 0 Å². The van der Waals surface area contributed by atoms with Gasteiger partial charge in [0.25, 0.3) is 0 Å². The van der Waals surface area contributed by atoms with Gasteiger partial charge in [-0.2, -0.15) is 0 Å². The van der Waals surface area contributed by atoms with Crippen LogP contribution in [0.4, 0.5) is 0 Å². The summed E-state index contributed by atoms with van der Waals surface area (Å²) in [4.78, 5) is 0. The Morgan fingerprint density at radius 1 is 0.875 bits per heavy atom. The van der Waals surface area contributed by atoms with E-state index in [2.05, 4.69) is 6.92 Å². The molecule has 0 saturated carbocycles. The maximum Gasteiger partial charge on any atom is 0.222 e. The SMILES string of the molecule is CC1=CC(O)(c2ccccc2C2(c3ccccc3)OCCO2)CC1. The van der Waals surface area contributed by atoms with Crippen molar-refractivity contribution in [3.8, 4) is 0 Å². The van der Waals surface area contributed by atoms with Gasteiger partial charge < -0.3 is 14.6 Å². The third-order valence-electron chi connectivity index (χ3n) is 4.98. The van der Waals surface area contributed by atoms with Gasteiger partial charge in [0.2, 0.25) is 5.79 Å². The van der Waals surface area contributed by atoms with Crippen molar-refractivity contribution in [1.82, 2.24) is 0 Å². The smallest absolute Gasteiger partial charge is 0.222 e. The molecule has 24 heavy (non-hydrogen) atoms. The topological polar surface area (TPSA) is 38.7 Å². The number of rotatable bonds is 3. The summed E-state index contributed by atoms with van der Waals surface area (Å²) in [7, 11) is 0. The second-order valence-electron chi connectivity index (χ2n) is 6.64. The lowest BCUT2D eigenvalue weighted by Gasteiger charge is -2.34. The molecule has 2 aliphatic rings. The summed E-state index contributed by atoms with van der Waals surface area (Å²) in [6, 6.07) is 17.9. The maximum absolute atomic E-state index is 11.2. The third kappa shape index (κ3) is 2.40. The highest BCUT2D eigenvalue weighted by atomic mass is 16.7. The lowest BCUT2D eigenvalue weighted by Crippen LogP contribution is -2.33. The average Bonchev–Trinajstić information content (AvgIpc) is 3.24. The van der Waals surface area contributed by atoms with Gasteiger partial charge in [-0.1, -0.05) is 60.2 Å². The number of hydrogen-bond acceptors (Lipinski definition) is 3. The zero-order valence-electron chi connectivity index (χ0n) is 13.9. The van der Waals surface area contributed by atoms with Gasteiger partial charge in [0.1, 0.15) is 5.60 Å². The minimum Gasteiger partial charge on any atom is -0.381 e. The summed E-state index contributed by atoms with van der Waals surface area (Å²) < 4.78 is 12.3. The molecule has 2 aromatic rings. The molecule has 2 aromatic carbocycles. The molecule has 1 unspecified atom stereocenters. The molecule has 1 saturated heterocycles. The van der Waals surface area contributed by atoms with Crippen LogP contribution in [-0.2, 0) is 20.9 Å². The predicted molar refractivity (Wildman–Crippen MR) is 92.5 cm³/mol. The van der Waals surface area contributed by atoms with Crippen molar-refractivity contribution in [2.45, 2.75) is 31.2 Å². The van der Waals surface area contributed by atoms with E-state index in [-0.39, 0.29) is 0 Å². The van der Waals surface area contributed by atoms with Crippen molar-refractivity contribution in [2.24, 2.45) is 0 Å². The molecule has 1 fully saturated rings. The number of benzene rings is 2. The van der Waals surface area contributed by atoms with E-state index in [9.17, 15) is 5.11 Å². The largest absolute Gasteiger partial charge is 0.381 e. The summed E-state index contributed by atoms with van der Waals surface area (Å²) in [5.41, 5.74) is 2.97. The Morgan fingerprint density at radius 2 is 1.50 bits per heavy atom. The van der Waals surface area contributed by atoms with E-state index in [1.165, 1.54) is 5.57 Å². The van der Waals surface area contributed by atoms with Crippen LogP contribution in [0.15, 0.2) is 66.2 Å². The Hall–Kier alpha value is -1.94. The van der Waals surface area contributed by atoms with Crippen LogP contribution in [0, 0.1) is 0 Å². The Balaban J connectivity index is 1.90. The molecule has 0 spiro atoms. The summed E-state index contributed by atoms with van der Waals surface area (Å²) in [6.45, 7) is 3.14. The highest BCUT2D eigenvalue weighted by molar-refractivity contribution is 5.45. The van der Waals surface area contributed by atoms with Gasteiger partial charge in [-0.05, 0) is 31.4 Å². The molecule has 1 aliphatic carbocycles. The molecule has 124 valence electrons. The van der Waals surface area contributed by atoms with Crippen LogP contribution >= 0.6 is 0 Å². The standard InChI is InChI=1S/C21H22O3/c1-16-11-12-20(22,15-16)18-9-5-6-10-19(18)21(23-13-14-24-21)17-7-3-2-4-8-17/h2-10,15,22H,11-14H2,1H3. The molecule has 1 aliphatic heterocycles. The van der Waals surface area contributed by atoms with Crippen LogP contribution < -0.4 is 0 Å². The zero-order valence-corrected chi connectivity index (χ0v) is 13.9. The van der Waals surface area contributed by atoms with E-state index in [1.54, 1.807) is 0 Å². The quantitative estimate of drug-likeness (QED) is 0.872. The van der Waals surface area contributed by atoms with Crippen LogP contribution in [-0.4, -0.2) is 18.3 Å². The average molecular weight is 322 g/mol. The zero-order chi connectivity index (χ0) is 16.6. The number of hydrogen-bond donors (Lipinski definition) is 1. The first kappa shape index (κ1) is 15.6. The van der Waals surface area contributed by atoms with Crippen molar-refractivity contribution in [3.63, 3.8) is 0 Å². The summed E-state index contributed by atoms with van der Waals surface area (Å²) in [6.07, 6.45) is 3.57. The molecule has 0 radical (unpaired) electrons. The molecular weight excluding hydrogens is 300 g/mol.